The predicted octanol–water partition coefficient (Wildman–Crippen LogP) is 3.38. The largest absolute Gasteiger partial charge is 0.329 e. The van der Waals surface area contributed by atoms with E-state index in [1.165, 1.54) is 6.42 Å². The monoisotopic (exact) mass is 343 g/mol. The SMILES string of the molecule is CC1CCCN(CCC(=O)Nc2c(Cl)cccc2Cl)C1CN. The Morgan fingerprint density at radius 1 is 1.41 bits per heavy atom. The van der Waals surface area contributed by atoms with Gasteiger partial charge < -0.3 is 11.1 Å². The molecule has 0 spiro atoms. The molecular weight excluding hydrogens is 321 g/mol. The first-order chi connectivity index (χ1) is 10.5. The van der Waals surface area contributed by atoms with Crippen molar-refractivity contribution < 1.29 is 4.79 Å². The number of hydrogen-bond acceptors (Lipinski definition) is 3. The Kier molecular flexibility index (Phi) is 6.50. The number of amides is 1. The zero-order chi connectivity index (χ0) is 16.1. The molecule has 22 heavy (non-hydrogen) atoms. The number of carbonyl (C=O) groups excluding carboxylic acids is 1. The molecule has 0 aliphatic carbocycles. The number of benzene rings is 1. The van der Waals surface area contributed by atoms with E-state index in [1.54, 1.807) is 18.2 Å². The minimum Gasteiger partial charge on any atom is -0.329 e. The molecule has 1 fully saturated rings. The Morgan fingerprint density at radius 2 is 2.09 bits per heavy atom. The van der Waals surface area contributed by atoms with E-state index in [4.69, 9.17) is 28.9 Å². The molecule has 122 valence electrons. The average molecular weight is 344 g/mol. The third-order valence-electron chi connectivity index (χ3n) is 4.33. The first-order valence-corrected chi connectivity index (χ1v) is 8.46. The lowest BCUT2D eigenvalue weighted by Crippen LogP contribution is -2.49. The van der Waals surface area contributed by atoms with Gasteiger partial charge in [0.25, 0.3) is 0 Å². The van der Waals surface area contributed by atoms with Gasteiger partial charge in [0.1, 0.15) is 0 Å². The molecule has 1 aliphatic rings. The number of carbonyl (C=O) groups is 1. The fourth-order valence-electron chi connectivity index (χ4n) is 3.06. The molecule has 6 heteroatoms. The number of nitrogens with two attached hydrogens (primary N) is 1. The number of nitrogens with one attached hydrogen (secondary N) is 1. The van der Waals surface area contributed by atoms with Crippen LogP contribution in [0.2, 0.25) is 10.0 Å². The molecule has 1 aliphatic heterocycles. The lowest BCUT2D eigenvalue weighted by molar-refractivity contribution is -0.116. The summed E-state index contributed by atoms with van der Waals surface area (Å²) in [6.45, 7) is 4.58. The van der Waals surface area contributed by atoms with Gasteiger partial charge in [-0.2, -0.15) is 0 Å². The van der Waals surface area contributed by atoms with Gasteiger partial charge in [-0.15, -0.1) is 0 Å². The summed E-state index contributed by atoms with van der Waals surface area (Å²) in [4.78, 5) is 14.5. The maximum atomic E-state index is 12.1. The van der Waals surface area contributed by atoms with Gasteiger partial charge in [0.05, 0.1) is 15.7 Å². The van der Waals surface area contributed by atoms with E-state index in [-0.39, 0.29) is 5.91 Å². The van der Waals surface area contributed by atoms with Crippen LogP contribution in [0.1, 0.15) is 26.2 Å². The Labute approximate surface area is 141 Å². The highest BCUT2D eigenvalue weighted by Crippen LogP contribution is 2.30. The molecule has 2 rings (SSSR count). The zero-order valence-corrected chi connectivity index (χ0v) is 14.3. The Bertz CT molecular complexity index is 504. The molecule has 1 heterocycles. The summed E-state index contributed by atoms with van der Waals surface area (Å²) in [5, 5.41) is 3.70. The topological polar surface area (TPSA) is 58.4 Å². The van der Waals surface area contributed by atoms with Gasteiger partial charge in [0.15, 0.2) is 0 Å². The van der Waals surface area contributed by atoms with Crippen molar-refractivity contribution in [1.29, 1.82) is 0 Å². The van der Waals surface area contributed by atoms with Crippen LogP contribution in [0.3, 0.4) is 0 Å². The van der Waals surface area contributed by atoms with Gasteiger partial charge in [-0.05, 0) is 37.4 Å². The van der Waals surface area contributed by atoms with Gasteiger partial charge >= 0.3 is 0 Å². The predicted molar refractivity (Wildman–Crippen MR) is 92.5 cm³/mol. The molecule has 1 aromatic carbocycles. The molecule has 1 amide bonds. The molecular formula is C16H23Cl2N3O. The number of para-hydroxylation sites is 1. The van der Waals surface area contributed by atoms with Gasteiger partial charge in [-0.1, -0.05) is 36.2 Å². The van der Waals surface area contributed by atoms with Crippen molar-refractivity contribution >= 4 is 34.8 Å². The standard InChI is InChI=1S/C16H23Cl2N3O/c1-11-4-3-8-21(14(11)10-19)9-7-15(22)20-16-12(17)5-2-6-13(16)18/h2,5-6,11,14H,3-4,7-10,19H2,1H3,(H,20,22). The second kappa shape index (κ2) is 8.16. The van der Waals surface area contributed by atoms with E-state index in [0.717, 1.165) is 13.0 Å². The highest BCUT2D eigenvalue weighted by Gasteiger charge is 2.27. The summed E-state index contributed by atoms with van der Waals surface area (Å²) in [5.74, 6) is 0.504. The summed E-state index contributed by atoms with van der Waals surface area (Å²) in [6, 6.07) is 5.53. The third-order valence-corrected chi connectivity index (χ3v) is 4.96. The van der Waals surface area contributed by atoms with Crippen LogP contribution in [-0.2, 0) is 4.79 Å². The van der Waals surface area contributed by atoms with E-state index < -0.39 is 0 Å². The van der Waals surface area contributed by atoms with Crippen molar-refractivity contribution in [3.8, 4) is 0 Å². The number of piperidine rings is 1. The molecule has 1 aromatic rings. The van der Waals surface area contributed by atoms with E-state index >= 15 is 0 Å². The van der Waals surface area contributed by atoms with Gasteiger partial charge in [0, 0.05) is 25.6 Å². The number of nitrogens with zero attached hydrogens (tertiary/aromatic N) is 1. The van der Waals surface area contributed by atoms with Crippen molar-refractivity contribution in [2.45, 2.75) is 32.2 Å². The van der Waals surface area contributed by atoms with Crippen molar-refractivity contribution in [3.63, 3.8) is 0 Å². The van der Waals surface area contributed by atoms with Crippen molar-refractivity contribution in [1.82, 2.24) is 4.90 Å². The molecule has 0 bridgehead atoms. The van der Waals surface area contributed by atoms with Gasteiger partial charge in [-0.3, -0.25) is 9.69 Å². The van der Waals surface area contributed by atoms with Crippen LogP contribution in [-0.4, -0.2) is 36.5 Å². The number of likely N-dealkylation sites (tertiary alicyclic amines) is 1. The van der Waals surface area contributed by atoms with Crippen LogP contribution in [0, 0.1) is 5.92 Å². The van der Waals surface area contributed by atoms with Gasteiger partial charge in [-0.25, -0.2) is 0 Å². The number of anilines is 1. The lowest BCUT2D eigenvalue weighted by atomic mass is 9.90. The molecule has 4 nitrogen and oxygen atoms in total. The molecule has 3 N–H and O–H groups in total. The number of halogens is 2. The Hall–Kier alpha value is -0.810. The number of hydrogen-bond donors (Lipinski definition) is 2. The summed E-state index contributed by atoms with van der Waals surface area (Å²) in [7, 11) is 0. The lowest BCUT2D eigenvalue weighted by Gasteiger charge is -2.39. The summed E-state index contributed by atoms with van der Waals surface area (Å²) < 4.78 is 0. The van der Waals surface area contributed by atoms with E-state index in [0.29, 0.717) is 47.2 Å². The van der Waals surface area contributed by atoms with Crippen LogP contribution in [0.15, 0.2) is 18.2 Å². The van der Waals surface area contributed by atoms with E-state index in [1.807, 2.05) is 0 Å². The normalized spacial score (nSPS) is 22.5. The summed E-state index contributed by atoms with van der Waals surface area (Å²) in [5.41, 5.74) is 6.36. The summed E-state index contributed by atoms with van der Waals surface area (Å²) in [6.07, 6.45) is 2.78. The minimum absolute atomic E-state index is 0.0796. The summed E-state index contributed by atoms with van der Waals surface area (Å²) >= 11 is 12.1. The van der Waals surface area contributed by atoms with Crippen LogP contribution < -0.4 is 11.1 Å². The van der Waals surface area contributed by atoms with Crippen LogP contribution in [0.5, 0.6) is 0 Å². The highest BCUT2D eigenvalue weighted by atomic mass is 35.5. The molecule has 2 atom stereocenters. The van der Waals surface area contributed by atoms with Crippen molar-refractivity contribution in [3.05, 3.63) is 28.2 Å². The van der Waals surface area contributed by atoms with Gasteiger partial charge in [0.2, 0.25) is 5.91 Å². The smallest absolute Gasteiger partial charge is 0.225 e. The molecule has 0 aromatic heterocycles. The maximum Gasteiger partial charge on any atom is 0.225 e. The number of rotatable bonds is 5. The minimum atomic E-state index is -0.0796. The first-order valence-electron chi connectivity index (χ1n) is 7.71. The highest BCUT2D eigenvalue weighted by molar-refractivity contribution is 6.39. The third kappa shape index (κ3) is 4.35. The molecule has 2 unspecified atom stereocenters. The quantitative estimate of drug-likeness (QED) is 0.861. The zero-order valence-electron chi connectivity index (χ0n) is 12.8. The van der Waals surface area contributed by atoms with Crippen LogP contribution in [0.25, 0.3) is 0 Å². The Morgan fingerprint density at radius 3 is 2.73 bits per heavy atom. The molecule has 0 radical (unpaired) electrons. The van der Waals surface area contributed by atoms with Crippen molar-refractivity contribution in [2.75, 3.05) is 25.0 Å². The van der Waals surface area contributed by atoms with Crippen LogP contribution in [0.4, 0.5) is 5.69 Å². The molecule has 0 saturated carbocycles. The second-order valence-electron chi connectivity index (χ2n) is 5.85. The first kappa shape index (κ1) is 17.5. The average Bonchev–Trinajstić information content (AvgIpc) is 2.49. The Balaban J connectivity index is 1.90. The second-order valence-corrected chi connectivity index (χ2v) is 6.67. The van der Waals surface area contributed by atoms with Crippen molar-refractivity contribution in [2.24, 2.45) is 11.7 Å². The fraction of sp³-hybridized carbons (Fsp3) is 0.562. The van der Waals surface area contributed by atoms with E-state index in [2.05, 4.69) is 17.1 Å². The maximum absolute atomic E-state index is 12.1. The molecule has 1 saturated heterocycles. The van der Waals surface area contributed by atoms with Crippen LogP contribution >= 0.6 is 23.2 Å². The van der Waals surface area contributed by atoms with E-state index in [9.17, 15) is 4.79 Å². The fourth-order valence-corrected chi connectivity index (χ4v) is 3.55.